The van der Waals surface area contributed by atoms with Gasteiger partial charge >= 0.3 is 0 Å². The van der Waals surface area contributed by atoms with E-state index in [0.717, 1.165) is 16.7 Å². The molecule has 0 radical (unpaired) electrons. The third kappa shape index (κ3) is 2.05. The first-order valence-corrected chi connectivity index (χ1v) is 5.97. The molecule has 0 N–H and O–H groups in total. The number of nitrogens with zero attached hydrogens (tertiary/aromatic N) is 1. The topological polar surface area (TPSA) is 13.1 Å². The molecule has 2 aromatic carbocycles. The molecule has 3 aromatic rings. The fourth-order valence-electron chi connectivity index (χ4n) is 1.94. The van der Waals surface area contributed by atoms with Crippen LogP contribution in [0, 0.1) is 6.92 Å². The number of hydrogen-bond acceptors (Lipinski definition) is 1. The summed E-state index contributed by atoms with van der Waals surface area (Å²) < 4.78 is 1.74. The Hall–Kier alpha value is -2.35. The Labute approximate surface area is 106 Å². The van der Waals surface area contributed by atoms with Gasteiger partial charge in [-0.1, -0.05) is 36.4 Å². The molecule has 2 heteroatoms. The van der Waals surface area contributed by atoms with Crippen LogP contribution >= 0.6 is 0 Å². The van der Waals surface area contributed by atoms with E-state index in [-0.39, 0.29) is 0 Å². The summed E-state index contributed by atoms with van der Waals surface area (Å²) in [6.45, 7) is 2.04. The highest BCUT2D eigenvalue weighted by molar-refractivity contribution is 5.80. The Kier molecular flexibility index (Phi) is 2.69. The Balaban J connectivity index is 1.98. The molecule has 0 aliphatic carbocycles. The Morgan fingerprint density at radius 1 is 0.833 bits per heavy atom. The largest absolute Gasteiger partial charge is 0.231 e. The van der Waals surface area contributed by atoms with E-state index < -0.39 is 0 Å². The lowest BCUT2D eigenvalue weighted by Crippen LogP contribution is -2.38. The van der Waals surface area contributed by atoms with Crippen LogP contribution in [0.15, 0.2) is 67.0 Å². The van der Waals surface area contributed by atoms with Crippen molar-refractivity contribution < 1.29 is 9.57 Å². The van der Waals surface area contributed by atoms with Crippen LogP contribution in [0.4, 0.5) is 0 Å². The summed E-state index contributed by atoms with van der Waals surface area (Å²) in [6.07, 6.45) is 3.91. The minimum Gasteiger partial charge on any atom is -0.231 e. The highest BCUT2D eigenvalue weighted by atomic mass is 16.7. The first kappa shape index (κ1) is 10.8. The molecule has 0 unspecified atom stereocenters. The fraction of sp³-hybridized carbons (Fsp3) is 0.0625. The molecular weight excluding hydrogens is 222 g/mol. The molecule has 0 aliphatic rings. The number of fused-ring (bicyclic) bond motifs is 1. The van der Waals surface area contributed by atoms with Crippen LogP contribution in [0.25, 0.3) is 10.8 Å². The highest BCUT2D eigenvalue weighted by Gasteiger charge is 2.07. The molecule has 0 fully saturated rings. The normalized spacial score (nSPS) is 10.5. The zero-order chi connectivity index (χ0) is 12.4. The van der Waals surface area contributed by atoms with Gasteiger partial charge in [0.15, 0.2) is 0 Å². The minimum atomic E-state index is 0.873. The van der Waals surface area contributed by atoms with Crippen molar-refractivity contribution in [2.45, 2.75) is 6.92 Å². The Morgan fingerprint density at radius 2 is 1.56 bits per heavy atom. The van der Waals surface area contributed by atoms with Crippen LogP contribution in [0.2, 0.25) is 0 Å². The van der Waals surface area contributed by atoms with E-state index in [1.165, 1.54) is 5.39 Å². The summed E-state index contributed by atoms with van der Waals surface area (Å²) in [5.41, 5.74) is 1.12. The summed E-state index contributed by atoms with van der Waals surface area (Å²) in [4.78, 5) is 5.83. The van der Waals surface area contributed by atoms with Crippen LogP contribution in [-0.4, -0.2) is 0 Å². The van der Waals surface area contributed by atoms with Crippen LogP contribution in [0.3, 0.4) is 0 Å². The summed E-state index contributed by atoms with van der Waals surface area (Å²) in [7, 11) is 0. The standard InChI is InChI=1S/C16H14NO/c1-13-6-2-5-9-16(13)18-17-11-10-14-7-3-4-8-15(14)12-17/h2-12H,1H3/q+1. The van der Waals surface area contributed by atoms with E-state index in [9.17, 15) is 0 Å². The van der Waals surface area contributed by atoms with E-state index in [0.29, 0.717) is 0 Å². The van der Waals surface area contributed by atoms with E-state index >= 15 is 0 Å². The predicted molar refractivity (Wildman–Crippen MR) is 71.3 cm³/mol. The van der Waals surface area contributed by atoms with Crippen molar-refractivity contribution in [1.29, 1.82) is 0 Å². The van der Waals surface area contributed by atoms with E-state index in [4.69, 9.17) is 4.84 Å². The number of aryl methyl sites for hydroxylation is 1. The predicted octanol–water partition coefficient (Wildman–Crippen LogP) is 3.28. The third-order valence-electron chi connectivity index (χ3n) is 2.96. The van der Waals surface area contributed by atoms with Crippen molar-refractivity contribution in [3.05, 3.63) is 72.6 Å². The molecule has 0 saturated heterocycles. The molecule has 0 atom stereocenters. The average molecular weight is 236 g/mol. The smallest absolute Gasteiger partial charge is 0.230 e. The van der Waals surface area contributed by atoms with Gasteiger partial charge in [-0.05, 0) is 30.0 Å². The van der Waals surface area contributed by atoms with Gasteiger partial charge in [0, 0.05) is 10.8 Å². The summed E-state index contributed by atoms with van der Waals surface area (Å²) in [5, 5.41) is 2.37. The monoisotopic (exact) mass is 236 g/mol. The van der Waals surface area contributed by atoms with Gasteiger partial charge < -0.3 is 0 Å². The number of para-hydroxylation sites is 1. The second-order valence-electron chi connectivity index (χ2n) is 4.29. The van der Waals surface area contributed by atoms with Crippen molar-refractivity contribution in [1.82, 2.24) is 0 Å². The van der Waals surface area contributed by atoms with Crippen molar-refractivity contribution >= 4 is 10.8 Å². The quantitative estimate of drug-likeness (QED) is 0.622. The van der Waals surface area contributed by atoms with Gasteiger partial charge in [-0.3, -0.25) is 0 Å². The highest BCUT2D eigenvalue weighted by Crippen LogP contribution is 2.15. The molecule has 0 spiro atoms. The summed E-state index contributed by atoms with van der Waals surface area (Å²) >= 11 is 0. The first-order chi connectivity index (χ1) is 8.83. The minimum absolute atomic E-state index is 0.873. The first-order valence-electron chi connectivity index (χ1n) is 5.97. The number of aromatic nitrogens is 1. The van der Waals surface area contributed by atoms with Crippen LogP contribution in [0.1, 0.15) is 5.56 Å². The zero-order valence-corrected chi connectivity index (χ0v) is 10.2. The van der Waals surface area contributed by atoms with Gasteiger partial charge in [0.25, 0.3) is 0 Å². The number of hydrogen-bond donors (Lipinski definition) is 0. The molecule has 18 heavy (non-hydrogen) atoms. The van der Waals surface area contributed by atoms with Gasteiger partial charge in [0.05, 0.1) is 5.39 Å². The maximum absolute atomic E-state index is 5.83. The molecule has 88 valence electrons. The number of benzene rings is 2. The Bertz CT molecular complexity index is 691. The van der Waals surface area contributed by atoms with Gasteiger partial charge in [0.1, 0.15) is 0 Å². The van der Waals surface area contributed by atoms with Gasteiger partial charge in [-0.15, -0.1) is 0 Å². The molecule has 1 aromatic heterocycles. The lowest BCUT2D eigenvalue weighted by atomic mass is 10.2. The van der Waals surface area contributed by atoms with Crippen LogP contribution < -0.4 is 9.57 Å². The summed E-state index contributed by atoms with van der Waals surface area (Å²) in [6, 6.07) is 18.3. The maximum Gasteiger partial charge on any atom is 0.230 e. The van der Waals surface area contributed by atoms with Crippen molar-refractivity contribution in [3.63, 3.8) is 0 Å². The second kappa shape index (κ2) is 4.49. The van der Waals surface area contributed by atoms with E-state index in [1.54, 1.807) is 4.73 Å². The molecule has 2 nitrogen and oxygen atoms in total. The van der Waals surface area contributed by atoms with Crippen molar-refractivity contribution in [3.8, 4) is 5.75 Å². The lowest BCUT2D eigenvalue weighted by Gasteiger charge is -2.01. The number of rotatable bonds is 2. The lowest BCUT2D eigenvalue weighted by molar-refractivity contribution is -0.874. The van der Waals surface area contributed by atoms with Gasteiger partial charge in [-0.2, -0.15) is 0 Å². The van der Waals surface area contributed by atoms with Crippen LogP contribution in [0.5, 0.6) is 5.75 Å². The molecule has 1 heterocycles. The zero-order valence-electron chi connectivity index (χ0n) is 10.2. The third-order valence-corrected chi connectivity index (χ3v) is 2.96. The molecule has 0 bridgehead atoms. The fourth-order valence-corrected chi connectivity index (χ4v) is 1.94. The molecule has 0 aliphatic heterocycles. The maximum atomic E-state index is 5.83. The average Bonchev–Trinajstić information content (AvgIpc) is 2.41. The van der Waals surface area contributed by atoms with Crippen LogP contribution in [-0.2, 0) is 0 Å². The number of pyridine rings is 1. The van der Waals surface area contributed by atoms with E-state index in [2.05, 4.69) is 12.1 Å². The SMILES string of the molecule is Cc1ccccc1O[n+]1ccc2ccccc2c1. The van der Waals surface area contributed by atoms with E-state index in [1.807, 2.05) is 61.8 Å². The van der Waals surface area contributed by atoms with Gasteiger partial charge in [0.2, 0.25) is 18.1 Å². The second-order valence-corrected chi connectivity index (χ2v) is 4.29. The summed E-state index contributed by atoms with van der Waals surface area (Å²) in [5.74, 6) is 0.873. The van der Waals surface area contributed by atoms with Crippen molar-refractivity contribution in [2.75, 3.05) is 0 Å². The Morgan fingerprint density at radius 3 is 2.39 bits per heavy atom. The van der Waals surface area contributed by atoms with Crippen molar-refractivity contribution in [2.24, 2.45) is 0 Å². The molecule has 3 rings (SSSR count). The molecule has 0 amide bonds. The molecule has 0 saturated carbocycles. The molecular formula is C16H14NO+. The van der Waals surface area contributed by atoms with Gasteiger partial charge in [-0.25, -0.2) is 4.84 Å².